The molecule has 0 radical (unpaired) electrons. The summed E-state index contributed by atoms with van der Waals surface area (Å²) in [6, 6.07) is 3.11. The molecule has 1 atom stereocenters. The molecule has 1 aliphatic rings. The lowest BCUT2D eigenvalue weighted by molar-refractivity contribution is -0.119. The summed E-state index contributed by atoms with van der Waals surface area (Å²) in [5.41, 5.74) is 0.619. The number of rotatable bonds is 5. The summed E-state index contributed by atoms with van der Waals surface area (Å²) in [5, 5.41) is 12.3. The van der Waals surface area contributed by atoms with Crippen LogP contribution in [0.4, 0.5) is 4.79 Å². The maximum absolute atomic E-state index is 11.4. The van der Waals surface area contributed by atoms with Crippen LogP contribution in [0.15, 0.2) is 12.1 Å². The molecule has 2 amide bonds. The van der Waals surface area contributed by atoms with E-state index < -0.39 is 6.09 Å². The average molecular weight is 314 g/mol. The van der Waals surface area contributed by atoms with Crippen molar-refractivity contribution in [3.63, 3.8) is 0 Å². The highest BCUT2D eigenvalue weighted by atomic mass is 35.5. The summed E-state index contributed by atoms with van der Waals surface area (Å²) in [4.78, 5) is 27.8. The topological polar surface area (TPSA) is 91.8 Å². The zero-order valence-electron chi connectivity index (χ0n) is 11.5. The molecule has 1 fully saturated rings. The summed E-state index contributed by atoms with van der Waals surface area (Å²) in [7, 11) is 1.45. The monoisotopic (exact) mass is 313 g/mol. The highest BCUT2D eigenvalue weighted by Gasteiger charge is 2.26. The number of amides is 2. The Hall–Kier alpha value is -2.02. The first-order chi connectivity index (χ1) is 9.99. The van der Waals surface area contributed by atoms with E-state index in [-0.39, 0.29) is 30.2 Å². The predicted octanol–water partition coefficient (Wildman–Crippen LogP) is 1.50. The van der Waals surface area contributed by atoms with Gasteiger partial charge in [0.1, 0.15) is 5.15 Å². The quantitative estimate of drug-likeness (QED) is 0.804. The molecular formula is C13H16ClN3O4. The van der Waals surface area contributed by atoms with Gasteiger partial charge in [0.15, 0.2) is 0 Å². The Kier molecular flexibility index (Phi) is 4.85. The molecule has 21 heavy (non-hydrogen) atoms. The molecule has 0 aliphatic carbocycles. The van der Waals surface area contributed by atoms with Gasteiger partial charge in [0.05, 0.1) is 13.7 Å². The van der Waals surface area contributed by atoms with Crippen molar-refractivity contribution in [2.45, 2.75) is 25.4 Å². The third-order valence-electron chi connectivity index (χ3n) is 3.26. The molecule has 0 spiro atoms. The lowest BCUT2D eigenvalue weighted by Gasteiger charge is -2.23. The molecule has 1 aromatic rings. The maximum atomic E-state index is 11.4. The third-order valence-corrected chi connectivity index (χ3v) is 3.47. The van der Waals surface area contributed by atoms with E-state index >= 15 is 0 Å². The number of nitrogens with zero attached hydrogens (tertiary/aromatic N) is 2. The zero-order valence-corrected chi connectivity index (χ0v) is 12.3. The van der Waals surface area contributed by atoms with Gasteiger partial charge >= 0.3 is 6.09 Å². The highest BCUT2D eigenvalue weighted by Crippen LogP contribution is 2.21. The van der Waals surface area contributed by atoms with Gasteiger partial charge < -0.3 is 20.1 Å². The van der Waals surface area contributed by atoms with E-state index in [4.69, 9.17) is 16.3 Å². The molecule has 1 aliphatic heterocycles. The molecular weight excluding hydrogens is 298 g/mol. The molecule has 1 aromatic heterocycles. The van der Waals surface area contributed by atoms with Crippen LogP contribution in [0.1, 0.15) is 18.4 Å². The SMILES string of the molecule is COc1nc(Cl)ccc1CN(C[C@@H]1CCC(=O)N1)C(=O)O. The summed E-state index contributed by atoms with van der Waals surface area (Å²) in [6.07, 6.45) is 0.0101. The van der Waals surface area contributed by atoms with Gasteiger partial charge in [-0.1, -0.05) is 11.6 Å². The summed E-state index contributed by atoms with van der Waals surface area (Å²) in [5.74, 6) is 0.250. The van der Waals surface area contributed by atoms with Crippen molar-refractivity contribution >= 4 is 23.6 Å². The van der Waals surface area contributed by atoms with E-state index in [1.807, 2.05) is 0 Å². The van der Waals surface area contributed by atoms with Gasteiger partial charge in [0, 0.05) is 24.6 Å². The number of nitrogens with one attached hydrogen (secondary N) is 1. The molecule has 7 nitrogen and oxygen atoms in total. The van der Waals surface area contributed by atoms with Crippen LogP contribution in [-0.2, 0) is 11.3 Å². The number of carbonyl (C=O) groups excluding carboxylic acids is 1. The summed E-state index contributed by atoms with van der Waals surface area (Å²) >= 11 is 5.78. The van der Waals surface area contributed by atoms with Crippen molar-refractivity contribution in [1.29, 1.82) is 0 Å². The Morgan fingerprint density at radius 2 is 2.38 bits per heavy atom. The molecule has 114 valence electrons. The lowest BCUT2D eigenvalue weighted by atomic mass is 10.2. The van der Waals surface area contributed by atoms with Crippen molar-refractivity contribution < 1.29 is 19.4 Å². The second-order valence-electron chi connectivity index (χ2n) is 4.77. The van der Waals surface area contributed by atoms with Crippen LogP contribution in [0.5, 0.6) is 5.88 Å². The fraction of sp³-hybridized carbons (Fsp3) is 0.462. The molecule has 0 aromatic carbocycles. The number of methoxy groups -OCH3 is 1. The number of carboxylic acid groups (broad SMARTS) is 1. The van der Waals surface area contributed by atoms with Crippen molar-refractivity contribution in [2.75, 3.05) is 13.7 Å². The first-order valence-corrected chi connectivity index (χ1v) is 6.84. The number of hydrogen-bond donors (Lipinski definition) is 2. The van der Waals surface area contributed by atoms with Crippen LogP contribution in [0.25, 0.3) is 0 Å². The molecule has 2 N–H and O–H groups in total. The predicted molar refractivity (Wildman–Crippen MR) is 75.4 cm³/mol. The second-order valence-corrected chi connectivity index (χ2v) is 5.16. The number of carbonyl (C=O) groups is 2. The fourth-order valence-corrected chi connectivity index (χ4v) is 2.38. The lowest BCUT2D eigenvalue weighted by Crippen LogP contribution is -2.41. The molecule has 2 rings (SSSR count). The van der Waals surface area contributed by atoms with E-state index in [1.54, 1.807) is 12.1 Å². The molecule has 0 bridgehead atoms. The molecule has 1 saturated heterocycles. The number of pyridine rings is 1. The maximum Gasteiger partial charge on any atom is 0.407 e. The van der Waals surface area contributed by atoms with Crippen molar-refractivity contribution in [3.05, 3.63) is 22.8 Å². The van der Waals surface area contributed by atoms with Crippen molar-refractivity contribution in [2.24, 2.45) is 0 Å². The van der Waals surface area contributed by atoms with Gasteiger partial charge in [-0.05, 0) is 18.6 Å². The number of halogens is 1. The fourth-order valence-electron chi connectivity index (χ4n) is 2.24. The highest BCUT2D eigenvalue weighted by molar-refractivity contribution is 6.29. The van der Waals surface area contributed by atoms with Gasteiger partial charge in [0.2, 0.25) is 11.8 Å². The Morgan fingerprint density at radius 3 is 2.95 bits per heavy atom. The Balaban J connectivity index is 2.09. The van der Waals surface area contributed by atoms with E-state index in [0.29, 0.717) is 24.3 Å². The average Bonchev–Trinajstić information content (AvgIpc) is 2.85. The molecule has 8 heteroatoms. The van der Waals surface area contributed by atoms with Crippen molar-refractivity contribution in [3.8, 4) is 5.88 Å². The van der Waals surface area contributed by atoms with E-state index in [1.165, 1.54) is 12.0 Å². The first kappa shape index (κ1) is 15.4. The Bertz CT molecular complexity index is 552. The first-order valence-electron chi connectivity index (χ1n) is 6.46. The third kappa shape index (κ3) is 3.98. The van der Waals surface area contributed by atoms with Crippen molar-refractivity contribution in [1.82, 2.24) is 15.2 Å². The molecule has 0 saturated carbocycles. The zero-order chi connectivity index (χ0) is 15.4. The van der Waals surface area contributed by atoms with Crippen LogP contribution in [0, 0.1) is 0 Å². The van der Waals surface area contributed by atoms with E-state index in [9.17, 15) is 14.7 Å². The van der Waals surface area contributed by atoms with E-state index in [2.05, 4.69) is 10.3 Å². The minimum atomic E-state index is -1.06. The van der Waals surface area contributed by atoms with Gasteiger partial charge in [0.25, 0.3) is 0 Å². The molecule has 2 heterocycles. The minimum Gasteiger partial charge on any atom is -0.481 e. The van der Waals surface area contributed by atoms with Crippen LogP contribution < -0.4 is 10.1 Å². The second kappa shape index (κ2) is 6.62. The summed E-state index contributed by atoms with van der Waals surface area (Å²) in [6.45, 7) is 0.349. The van der Waals surface area contributed by atoms with Crippen LogP contribution in [-0.4, -0.2) is 46.7 Å². The van der Waals surface area contributed by atoms with Crippen LogP contribution in [0.2, 0.25) is 5.15 Å². The van der Waals surface area contributed by atoms with Gasteiger partial charge in [-0.25, -0.2) is 9.78 Å². The normalized spacial score (nSPS) is 17.4. The standard InChI is InChI=1S/C13H16ClN3O4/c1-21-12-8(2-4-10(14)16-12)6-17(13(19)20)7-9-3-5-11(18)15-9/h2,4,9H,3,5-7H2,1H3,(H,15,18)(H,19,20)/t9-/m0/s1. The van der Waals surface area contributed by atoms with E-state index in [0.717, 1.165) is 0 Å². The Labute approximate surface area is 126 Å². The smallest absolute Gasteiger partial charge is 0.407 e. The Morgan fingerprint density at radius 1 is 1.62 bits per heavy atom. The number of ether oxygens (including phenoxy) is 1. The largest absolute Gasteiger partial charge is 0.481 e. The van der Waals surface area contributed by atoms with Gasteiger partial charge in [-0.2, -0.15) is 0 Å². The van der Waals surface area contributed by atoms with Gasteiger partial charge in [-0.3, -0.25) is 4.79 Å². The minimum absolute atomic E-state index is 0.0453. The van der Waals surface area contributed by atoms with Crippen LogP contribution >= 0.6 is 11.6 Å². The summed E-state index contributed by atoms with van der Waals surface area (Å²) < 4.78 is 5.11. The number of aromatic nitrogens is 1. The van der Waals surface area contributed by atoms with Crippen LogP contribution in [0.3, 0.4) is 0 Å². The molecule has 0 unspecified atom stereocenters. The van der Waals surface area contributed by atoms with Gasteiger partial charge in [-0.15, -0.1) is 0 Å². The number of hydrogen-bond acceptors (Lipinski definition) is 4.